The molecule has 1 heterocycles. The summed E-state index contributed by atoms with van der Waals surface area (Å²) >= 11 is 0. The molecule has 1 aliphatic carbocycles. The van der Waals surface area contributed by atoms with Gasteiger partial charge in [0.1, 0.15) is 0 Å². The van der Waals surface area contributed by atoms with Crippen LogP contribution < -0.4 is 10.2 Å². The molecule has 2 N–H and O–H groups in total. The van der Waals surface area contributed by atoms with E-state index in [1.54, 1.807) is 12.1 Å². The predicted octanol–water partition coefficient (Wildman–Crippen LogP) is 2.57. The highest BCUT2D eigenvalue weighted by Gasteiger charge is 2.29. The van der Waals surface area contributed by atoms with Gasteiger partial charge in [-0.3, -0.25) is 9.59 Å². The number of nitrogens with zero attached hydrogens (tertiary/aromatic N) is 3. The number of carbonyl (C=O) groups is 3. The number of piperazine rings is 1. The van der Waals surface area contributed by atoms with Crippen molar-refractivity contribution in [1.29, 1.82) is 5.26 Å². The average molecular weight is 535 g/mol. The maximum Gasteiger partial charge on any atom is 0.337 e. The zero-order chi connectivity index (χ0) is 27.4. The summed E-state index contributed by atoms with van der Waals surface area (Å²) < 4.78 is 28.0. The molecule has 4 rings (SSSR count). The van der Waals surface area contributed by atoms with Crippen molar-refractivity contribution in [1.82, 2.24) is 9.62 Å². The molecule has 1 atom stereocenters. The van der Waals surface area contributed by atoms with E-state index in [2.05, 4.69) is 5.32 Å². The summed E-state index contributed by atoms with van der Waals surface area (Å²) in [5.41, 5.74) is 1.45. The van der Waals surface area contributed by atoms with Crippen molar-refractivity contribution in [3.8, 4) is 6.07 Å². The summed E-state index contributed by atoms with van der Waals surface area (Å²) in [5, 5.41) is 21.1. The van der Waals surface area contributed by atoms with Crippen LogP contribution in [0, 0.1) is 17.2 Å². The van der Waals surface area contributed by atoms with Crippen LogP contribution in [0.25, 0.3) is 0 Å². The first-order valence-corrected chi connectivity index (χ1v) is 13.4. The van der Waals surface area contributed by atoms with Crippen molar-refractivity contribution in [3.63, 3.8) is 0 Å². The standard InChI is InChI=1S/C27H26N4O6S/c1-18(32)20-6-8-22(9-7-20)30-11-13-31(14-12-30)38(36,37)23-4-2-3-21(16-23)26(33)29-25-10-5-19(17-28)15-24(25)27(34)35/h2-4,6-10,15-16,19H,5,11-14H2,1H3,(H,29,33)(H,34,35). The molecule has 2 aliphatic rings. The Hall–Kier alpha value is -4.27. The molecule has 1 amide bonds. The Morgan fingerprint density at radius 3 is 2.32 bits per heavy atom. The molecule has 0 bridgehead atoms. The number of aliphatic carboxylic acids is 1. The fourth-order valence-electron chi connectivity index (χ4n) is 4.34. The van der Waals surface area contributed by atoms with Crippen LogP contribution in [-0.4, -0.2) is 61.7 Å². The average Bonchev–Trinajstić information content (AvgIpc) is 2.93. The number of allylic oxidation sites excluding steroid dienone is 2. The molecule has 0 spiro atoms. The molecule has 2 aromatic rings. The second kappa shape index (κ2) is 11.0. The Balaban J connectivity index is 1.45. The molecule has 0 radical (unpaired) electrons. The first-order valence-electron chi connectivity index (χ1n) is 11.9. The monoisotopic (exact) mass is 534 g/mol. The summed E-state index contributed by atoms with van der Waals surface area (Å²) in [6.45, 7) is 2.90. The van der Waals surface area contributed by atoms with Gasteiger partial charge >= 0.3 is 5.97 Å². The Bertz CT molecular complexity index is 1480. The van der Waals surface area contributed by atoms with Crippen molar-refractivity contribution >= 4 is 33.4 Å². The number of carbonyl (C=O) groups excluding carboxylic acids is 2. The topological polar surface area (TPSA) is 148 Å². The van der Waals surface area contributed by atoms with Gasteiger partial charge in [-0.2, -0.15) is 9.57 Å². The number of carboxylic acid groups (broad SMARTS) is 1. The summed E-state index contributed by atoms with van der Waals surface area (Å²) in [5.74, 6) is -2.56. The second-order valence-electron chi connectivity index (χ2n) is 8.95. The van der Waals surface area contributed by atoms with E-state index < -0.39 is 27.8 Å². The lowest BCUT2D eigenvalue weighted by Gasteiger charge is -2.35. The lowest BCUT2D eigenvalue weighted by atomic mass is 9.94. The quantitative estimate of drug-likeness (QED) is 0.515. The maximum absolute atomic E-state index is 13.3. The van der Waals surface area contributed by atoms with Crippen LogP contribution in [0.3, 0.4) is 0 Å². The Morgan fingerprint density at radius 1 is 1.03 bits per heavy atom. The van der Waals surface area contributed by atoms with E-state index in [9.17, 15) is 27.9 Å². The van der Waals surface area contributed by atoms with Gasteiger partial charge in [-0.05, 0) is 55.8 Å². The number of nitriles is 1. The third-order valence-corrected chi connectivity index (χ3v) is 8.38. The van der Waals surface area contributed by atoms with Gasteiger partial charge in [0.15, 0.2) is 5.78 Å². The van der Waals surface area contributed by atoms with Crippen LogP contribution in [0.4, 0.5) is 5.69 Å². The van der Waals surface area contributed by atoms with Gasteiger partial charge < -0.3 is 15.3 Å². The van der Waals surface area contributed by atoms with Crippen molar-refractivity contribution < 1.29 is 27.9 Å². The molecule has 1 unspecified atom stereocenters. The van der Waals surface area contributed by atoms with Gasteiger partial charge in [0, 0.05) is 43.0 Å². The van der Waals surface area contributed by atoms with Gasteiger partial charge in [0.2, 0.25) is 10.0 Å². The smallest absolute Gasteiger partial charge is 0.337 e. The van der Waals surface area contributed by atoms with Crippen molar-refractivity contribution in [3.05, 3.63) is 83.1 Å². The molecular formula is C27H26N4O6S. The highest BCUT2D eigenvalue weighted by molar-refractivity contribution is 7.89. The highest BCUT2D eigenvalue weighted by Crippen LogP contribution is 2.24. The summed E-state index contributed by atoms with van der Waals surface area (Å²) in [6.07, 6.45) is 3.02. The van der Waals surface area contributed by atoms with E-state index in [0.717, 1.165) is 5.69 Å². The minimum absolute atomic E-state index is 0.0229. The number of amides is 1. The van der Waals surface area contributed by atoms with E-state index in [4.69, 9.17) is 5.26 Å². The molecule has 10 nitrogen and oxygen atoms in total. The van der Waals surface area contributed by atoms with E-state index >= 15 is 0 Å². The van der Waals surface area contributed by atoms with Gasteiger partial charge in [-0.15, -0.1) is 0 Å². The molecule has 1 saturated heterocycles. The van der Waals surface area contributed by atoms with Gasteiger partial charge in [0.25, 0.3) is 5.91 Å². The molecule has 1 aliphatic heterocycles. The first-order chi connectivity index (χ1) is 18.1. The van der Waals surface area contributed by atoms with E-state index in [0.29, 0.717) is 18.7 Å². The van der Waals surface area contributed by atoms with Crippen LogP contribution in [-0.2, 0) is 14.8 Å². The number of hydrogen-bond donors (Lipinski definition) is 2. The lowest BCUT2D eigenvalue weighted by molar-refractivity contribution is -0.132. The van der Waals surface area contributed by atoms with Gasteiger partial charge in [-0.25, -0.2) is 13.2 Å². The van der Waals surface area contributed by atoms with Crippen molar-refractivity contribution in [2.45, 2.75) is 18.2 Å². The SMILES string of the molecule is CC(=O)c1ccc(N2CCN(S(=O)(=O)c3cccc(C(=O)NC4=CCC(C#N)C=C4C(=O)O)c3)CC2)cc1. The normalized spacial score (nSPS) is 18.1. The molecule has 0 aromatic heterocycles. The minimum Gasteiger partial charge on any atom is -0.478 e. The molecule has 11 heteroatoms. The van der Waals surface area contributed by atoms with E-state index in [-0.39, 0.29) is 47.0 Å². The number of Topliss-reactive ketones (excluding diaryl/α,β-unsaturated/α-hetero) is 1. The zero-order valence-electron chi connectivity index (χ0n) is 20.6. The number of sulfonamides is 1. The number of carboxylic acids is 1. The molecule has 0 saturated carbocycles. The van der Waals surface area contributed by atoms with Crippen LogP contribution in [0.1, 0.15) is 34.1 Å². The molecule has 2 aromatic carbocycles. The van der Waals surface area contributed by atoms with Crippen molar-refractivity contribution in [2.24, 2.45) is 5.92 Å². The zero-order valence-corrected chi connectivity index (χ0v) is 21.4. The van der Waals surface area contributed by atoms with Crippen LogP contribution in [0.15, 0.2) is 76.8 Å². The fraction of sp³-hybridized carbons (Fsp3) is 0.259. The summed E-state index contributed by atoms with van der Waals surface area (Å²) in [7, 11) is -3.88. The number of hydrogen-bond acceptors (Lipinski definition) is 7. The number of anilines is 1. The number of nitrogens with one attached hydrogen (secondary N) is 1. The number of rotatable bonds is 7. The largest absolute Gasteiger partial charge is 0.478 e. The molecular weight excluding hydrogens is 508 g/mol. The number of benzene rings is 2. The van der Waals surface area contributed by atoms with Gasteiger partial charge in [0.05, 0.1) is 28.2 Å². The lowest BCUT2D eigenvalue weighted by Crippen LogP contribution is -2.48. The van der Waals surface area contributed by atoms with Crippen LogP contribution in [0.5, 0.6) is 0 Å². The van der Waals surface area contributed by atoms with Crippen LogP contribution >= 0.6 is 0 Å². The molecule has 38 heavy (non-hydrogen) atoms. The minimum atomic E-state index is -3.88. The molecule has 196 valence electrons. The summed E-state index contributed by atoms with van der Waals surface area (Å²) in [4.78, 5) is 38.0. The Labute approximate surface area is 220 Å². The highest BCUT2D eigenvalue weighted by atomic mass is 32.2. The number of ketones is 1. The summed E-state index contributed by atoms with van der Waals surface area (Å²) in [6, 6.07) is 14.8. The maximum atomic E-state index is 13.3. The van der Waals surface area contributed by atoms with Gasteiger partial charge in [-0.1, -0.05) is 18.2 Å². The fourth-order valence-corrected chi connectivity index (χ4v) is 5.81. The Morgan fingerprint density at radius 2 is 1.71 bits per heavy atom. The van der Waals surface area contributed by atoms with E-state index in [1.807, 2.05) is 23.1 Å². The van der Waals surface area contributed by atoms with Crippen LogP contribution in [0.2, 0.25) is 0 Å². The predicted molar refractivity (Wildman–Crippen MR) is 139 cm³/mol. The Kier molecular flexibility index (Phi) is 7.75. The molecule has 1 fully saturated rings. The first kappa shape index (κ1) is 26.8. The van der Waals surface area contributed by atoms with Crippen molar-refractivity contribution in [2.75, 3.05) is 31.1 Å². The second-order valence-corrected chi connectivity index (χ2v) is 10.9. The third kappa shape index (κ3) is 5.66. The third-order valence-electron chi connectivity index (χ3n) is 6.49. The van der Waals surface area contributed by atoms with E-state index in [1.165, 1.54) is 47.6 Å².